The summed E-state index contributed by atoms with van der Waals surface area (Å²) < 4.78 is 2.23. The summed E-state index contributed by atoms with van der Waals surface area (Å²) in [5, 5.41) is 16.1. The van der Waals surface area contributed by atoms with Crippen LogP contribution in [0.5, 0.6) is 0 Å². The van der Waals surface area contributed by atoms with Crippen LogP contribution in [0.2, 0.25) is 0 Å². The van der Waals surface area contributed by atoms with Crippen LogP contribution in [0, 0.1) is 5.41 Å². The molecule has 0 unspecified atom stereocenters. The summed E-state index contributed by atoms with van der Waals surface area (Å²) in [6, 6.07) is 66.3. The number of aromatic nitrogens is 3. The molecule has 7 aromatic carbocycles. The maximum atomic E-state index is 9.99. The fourth-order valence-electron chi connectivity index (χ4n) is 7.79. The fourth-order valence-corrected chi connectivity index (χ4v) is 7.79. The molecule has 1 aliphatic rings. The fraction of sp³-hybridized carbons (Fsp3) is 0. The van der Waals surface area contributed by atoms with Crippen LogP contribution in [0.1, 0.15) is 27.8 Å². The predicted molar refractivity (Wildman–Crippen MR) is 231 cm³/mol. The predicted octanol–water partition coefficient (Wildman–Crippen LogP) is 11.9. The molecule has 5 heteroatoms. The van der Waals surface area contributed by atoms with E-state index in [1.165, 1.54) is 10.8 Å². The quantitative estimate of drug-likeness (QED) is 0.161. The largest absolute Gasteiger partial charge is 0.354 e. The van der Waals surface area contributed by atoms with Gasteiger partial charge in [-0.3, -0.25) is 9.98 Å². The summed E-state index contributed by atoms with van der Waals surface area (Å²) >= 11 is 0. The van der Waals surface area contributed by atoms with E-state index in [0.717, 1.165) is 78.5 Å². The Morgan fingerprint density at radius 1 is 0.500 bits per heavy atom. The number of nitrogens with one attached hydrogen (secondary N) is 2. The normalized spacial score (nSPS) is 13.2. The molecule has 264 valence electrons. The molecule has 1 aliphatic heterocycles. The second kappa shape index (κ2) is 14.0. The molecule has 0 atom stereocenters. The van der Waals surface area contributed by atoms with E-state index in [1.54, 1.807) is 0 Å². The highest BCUT2D eigenvalue weighted by molar-refractivity contribution is 6.36. The van der Waals surface area contributed by atoms with Gasteiger partial charge in [0.15, 0.2) is 5.82 Å². The van der Waals surface area contributed by atoms with Crippen molar-refractivity contribution in [2.45, 2.75) is 0 Å². The van der Waals surface area contributed by atoms with Crippen molar-refractivity contribution in [1.29, 1.82) is 5.41 Å². The van der Waals surface area contributed by atoms with E-state index in [1.807, 2.05) is 66.7 Å². The first kappa shape index (κ1) is 33.0. The van der Waals surface area contributed by atoms with Gasteiger partial charge in [0.1, 0.15) is 5.82 Å². The van der Waals surface area contributed by atoms with Gasteiger partial charge in [-0.2, -0.15) is 0 Å². The van der Waals surface area contributed by atoms with Gasteiger partial charge < -0.3 is 5.32 Å². The Morgan fingerprint density at radius 3 is 1.79 bits per heavy atom. The number of benzene rings is 7. The van der Waals surface area contributed by atoms with Gasteiger partial charge in [0.25, 0.3) is 0 Å². The Balaban J connectivity index is 1.15. The zero-order valence-electron chi connectivity index (χ0n) is 30.4. The van der Waals surface area contributed by atoms with Gasteiger partial charge in [0, 0.05) is 50.4 Å². The highest BCUT2D eigenvalue weighted by Crippen LogP contribution is 2.37. The molecule has 2 aromatic heterocycles. The minimum atomic E-state index is 0.407. The number of hydrogen-bond donors (Lipinski definition) is 2. The molecule has 10 rings (SSSR count). The Bertz CT molecular complexity index is 2940. The molecule has 0 saturated heterocycles. The summed E-state index contributed by atoms with van der Waals surface area (Å²) in [7, 11) is 0. The lowest BCUT2D eigenvalue weighted by Gasteiger charge is -2.26. The first-order valence-corrected chi connectivity index (χ1v) is 18.8. The van der Waals surface area contributed by atoms with Crippen LogP contribution in [0.25, 0.3) is 73.3 Å². The molecule has 0 saturated carbocycles. The summed E-state index contributed by atoms with van der Waals surface area (Å²) in [6.45, 7) is 0. The van der Waals surface area contributed by atoms with E-state index >= 15 is 0 Å². The molecule has 0 fully saturated rings. The zero-order valence-corrected chi connectivity index (χ0v) is 30.4. The highest BCUT2D eigenvalue weighted by atomic mass is 15.1. The third-order valence-electron chi connectivity index (χ3n) is 10.4. The molecule has 5 nitrogen and oxygen atoms in total. The number of hydrogen-bond acceptors (Lipinski definition) is 4. The van der Waals surface area contributed by atoms with E-state index in [9.17, 15) is 5.41 Å². The Hall–Kier alpha value is -7.63. The van der Waals surface area contributed by atoms with Crippen molar-refractivity contribution in [1.82, 2.24) is 19.9 Å². The van der Waals surface area contributed by atoms with Crippen LogP contribution in [-0.2, 0) is 0 Å². The van der Waals surface area contributed by atoms with Crippen molar-refractivity contribution in [3.8, 4) is 28.5 Å². The van der Waals surface area contributed by atoms with Gasteiger partial charge >= 0.3 is 0 Å². The van der Waals surface area contributed by atoms with E-state index in [-0.39, 0.29) is 0 Å². The van der Waals surface area contributed by atoms with Crippen LogP contribution in [0.15, 0.2) is 194 Å². The monoisotopic (exact) mass is 717 g/mol. The van der Waals surface area contributed by atoms with Crippen LogP contribution >= 0.6 is 0 Å². The SMILES string of the molecule is N=C(/C(=C1\NC(c2ccccc2)=Cc2ccccc21)c1ccccc1)c1cccc(-c2cc(-n3c4ccccc4c4ccccc43)nc(-c3ccccc3)n2)c1. The standard InChI is InChI=1S/C51H35N5/c52-49(48(35-19-6-2-7-20-35)50-40-26-11-10-23-37(40)32-43(53-50)34-17-4-1-5-18-34)39-25-16-24-38(31-39)44-33-47(55-51(54-44)36-21-8-3-9-22-36)56-45-29-14-12-27-41(45)42-28-13-15-30-46(42)56/h1-33,52-53H/b50-48-,52-49?. The molecular formula is C51H35N5. The number of rotatable bonds is 7. The topological polar surface area (TPSA) is 66.6 Å². The van der Waals surface area contributed by atoms with Crippen molar-refractivity contribution >= 4 is 50.6 Å². The first-order valence-electron chi connectivity index (χ1n) is 18.8. The Labute approximate surface area is 325 Å². The van der Waals surface area contributed by atoms with Gasteiger partial charge in [0.05, 0.1) is 28.1 Å². The van der Waals surface area contributed by atoms with E-state index in [0.29, 0.717) is 11.5 Å². The minimum absolute atomic E-state index is 0.407. The average Bonchev–Trinajstić information content (AvgIpc) is 3.62. The van der Waals surface area contributed by atoms with Crippen molar-refractivity contribution in [2.24, 2.45) is 0 Å². The Morgan fingerprint density at radius 2 is 1.07 bits per heavy atom. The van der Waals surface area contributed by atoms with Crippen molar-refractivity contribution in [2.75, 3.05) is 0 Å². The van der Waals surface area contributed by atoms with Gasteiger partial charge in [-0.15, -0.1) is 0 Å². The average molecular weight is 718 g/mol. The summed E-state index contributed by atoms with van der Waals surface area (Å²) in [5.74, 6) is 1.41. The molecular weight excluding hydrogens is 683 g/mol. The minimum Gasteiger partial charge on any atom is -0.354 e. The van der Waals surface area contributed by atoms with Gasteiger partial charge in [-0.1, -0.05) is 170 Å². The third-order valence-corrected chi connectivity index (χ3v) is 10.4. The number of nitrogens with zero attached hydrogens (tertiary/aromatic N) is 3. The number of fused-ring (bicyclic) bond motifs is 4. The van der Waals surface area contributed by atoms with Gasteiger partial charge in [-0.05, 0) is 41.0 Å². The molecule has 3 heterocycles. The number of allylic oxidation sites excluding steroid dienone is 1. The highest BCUT2D eigenvalue weighted by Gasteiger charge is 2.24. The molecule has 0 bridgehead atoms. The molecule has 0 aliphatic carbocycles. The zero-order chi connectivity index (χ0) is 37.4. The lowest BCUT2D eigenvalue weighted by atomic mass is 9.87. The third kappa shape index (κ3) is 5.88. The second-order valence-corrected chi connectivity index (χ2v) is 13.9. The summed E-state index contributed by atoms with van der Waals surface area (Å²) in [5.41, 5.74) is 12.8. The molecule has 0 amide bonds. The van der Waals surface area contributed by atoms with Crippen LogP contribution in [0.4, 0.5) is 0 Å². The second-order valence-electron chi connectivity index (χ2n) is 13.9. The van der Waals surface area contributed by atoms with Gasteiger partial charge in [0.2, 0.25) is 0 Å². The van der Waals surface area contributed by atoms with Crippen molar-refractivity contribution in [3.05, 3.63) is 222 Å². The van der Waals surface area contributed by atoms with Crippen LogP contribution in [0.3, 0.4) is 0 Å². The molecule has 2 N–H and O–H groups in total. The lowest BCUT2D eigenvalue weighted by molar-refractivity contribution is 1.05. The first-order chi connectivity index (χ1) is 27.7. The maximum absolute atomic E-state index is 9.99. The van der Waals surface area contributed by atoms with Crippen LogP contribution in [-0.4, -0.2) is 20.2 Å². The lowest BCUT2D eigenvalue weighted by Crippen LogP contribution is -2.20. The molecule has 9 aromatic rings. The van der Waals surface area contributed by atoms with Crippen molar-refractivity contribution < 1.29 is 0 Å². The smallest absolute Gasteiger partial charge is 0.162 e. The van der Waals surface area contributed by atoms with E-state index in [2.05, 4.69) is 143 Å². The van der Waals surface area contributed by atoms with E-state index in [4.69, 9.17) is 9.97 Å². The van der Waals surface area contributed by atoms with Gasteiger partial charge in [-0.25, -0.2) is 9.97 Å². The van der Waals surface area contributed by atoms with Crippen molar-refractivity contribution in [3.63, 3.8) is 0 Å². The Kier molecular flexibility index (Phi) is 8.23. The number of para-hydroxylation sites is 2. The molecule has 56 heavy (non-hydrogen) atoms. The molecule has 0 radical (unpaired) electrons. The summed E-state index contributed by atoms with van der Waals surface area (Å²) in [6.07, 6.45) is 2.19. The summed E-state index contributed by atoms with van der Waals surface area (Å²) in [4.78, 5) is 10.4. The van der Waals surface area contributed by atoms with E-state index < -0.39 is 0 Å². The molecule has 0 spiro atoms. The maximum Gasteiger partial charge on any atom is 0.162 e. The van der Waals surface area contributed by atoms with Crippen LogP contribution < -0.4 is 5.32 Å².